The molecule has 2 aromatic carbocycles. The van der Waals surface area contributed by atoms with Crippen LogP contribution in [-0.2, 0) is 30.5 Å². The molecule has 2 fully saturated rings. The maximum atomic E-state index is 12.7. The molecule has 2 bridgehead atoms. The number of fused-ring (bicyclic) bond motifs is 2. The summed E-state index contributed by atoms with van der Waals surface area (Å²) in [6, 6.07) is 15.0. The lowest BCUT2D eigenvalue weighted by Gasteiger charge is -2.28. The number of hydroxylamine groups is 2. The van der Waals surface area contributed by atoms with Crippen molar-refractivity contribution in [1.29, 1.82) is 0 Å². The monoisotopic (exact) mass is 416 g/mol. The summed E-state index contributed by atoms with van der Waals surface area (Å²) < 4.78 is 35.4. The lowest BCUT2D eigenvalue weighted by Crippen LogP contribution is -2.45. The van der Waals surface area contributed by atoms with Gasteiger partial charge in [-0.3, -0.25) is 0 Å². The Balaban J connectivity index is 1.43. The molecule has 2 heterocycles. The first-order valence-electron chi connectivity index (χ1n) is 9.26. The van der Waals surface area contributed by atoms with E-state index < -0.39 is 34.2 Å². The molecule has 2 amide bonds. The first-order valence-corrected chi connectivity index (χ1v) is 10.7. The molecule has 2 saturated heterocycles. The fourth-order valence-electron chi connectivity index (χ4n) is 3.54. The van der Waals surface area contributed by atoms with E-state index in [0.717, 1.165) is 10.6 Å². The van der Waals surface area contributed by atoms with Gasteiger partial charge >= 0.3 is 22.1 Å². The summed E-state index contributed by atoms with van der Waals surface area (Å²) in [5.41, 5.74) is 0.848. The molecular weight excluding hydrogens is 396 g/mol. The van der Waals surface area contributed by atoms with Gasteiger partial charge in [0.15, 0.2) is 0 Å². The fourth-order valence-corrected chi connectivity index (χ4v) is 4.51. The van der Waals surface area contributed by atoms with E-state index in [2.05, 4.69) is 0 Å². The SMILES string of the molecule is O=C(OCc1ccccc1)C1CCC2CN1C(=O)N2OS(=O)(=O)c1ccccc1. The van der Waals surface area contributed by atoms with Crippen molar-refractivity contribution in [2.75, 3.05) is 6.54 Å². The molecule has 0 aromatic heterocycles. The normalized spacial score (nSPS) is 21.3. The number of benzene rings is 2. The van der Waals surface area contributed by atoms with Crippen molar-refractivity contribution in [2.24, 2.45) is 0 Å². The Kier molecular flexibility index (Phi) is 5.25. The van der Waals surface area contributed by atoms with Gasteiger partial charge in [0.2, 0.25) is 0 Å². The standard InChI is InChI=1S/C20H20N2O6S/c23-19(27-14-15-7-3-1-4-8-15)18-12-11-16-13-21(18)20(24)22(16)28-29(25,26)17-9-5-2-6-10-17/h1-10,16,18H,11-14H2. The van der Waals surface area contributed by atoms with Crippen LogP contribution in [0.4, 0.5) is 4.79 Å². The van der Waals surface area contributed by atoms with Crippen LogP contribution in [-0.4, -0.2) is 49.0 Å². The van der Waals surface area contributed by atoms with Gasteiger partial charge in [-0.25, -0.2) is 9.59 Å². The summed E-state index contributed by atoms with van der Waals surface area (Å²) in [6.45, 7) is 0.332. The van der Waals surface area contributed by atoms with Crippen LogP contribution in [0, 0.1) is 0 Å². The van der Waals surface area contributed by atoms with E-state index >= 15 is 0 Å². The molecule has 2 aromatic rings. The molecular formula is C20H20N2O6S. The van der Waals surface area contributed by atoms with Crippen molar-refractivity contribution in [3.8, 4) is 0 Å². The Bertz CT molecular complexity index is 996. The van der Waals surface area contributed by atoms with Crippen LogP contribution in [0.3, 0.4) is 0 Å². The average molecular weight is 416 g/mol. The quantitative estimate of drug-likeness (QED) is 0.671. The number of rotatable bonds is 6. The third-order valence-electron chi connectivity index (χ3n) is 5.03. The molecule has 4 rings (SSSR count). The summed E-state index contributed by atoms with van der Waals surface area (Å²) in [5, 5.41) is 0.868. The van der Waals surface area contributed by atoms with Crippen molar-refractivity contribution in [3.63, 3.8) is 0 Å². The Morgan fingerprint density at radius 1 is 1.00 bits per heavy atom. The maximum absolute atomic E-state index is 12.7. The minimum atomic E-state index is -4.14. The van der Waals surface area contributed by atoms with Gasteiger partial charge in [-0.2, -0.15) is 13.5 Å². The molecule has 0 radical (unpaired) electrons. The van der Waals surface area contributed by atoms with Crippen molar-refractivity contribution in [1.82, 2.24) is 9.96 Å². The third kappa shape index (κ3) is 3.96. The zero-order chi connectivity index (χ0) is 20.4. The minimum absolute atomic E-state index is 0.0388. The van der Waals surface area contributed by atoms with Crippen LogP contribution in [0.2, 0.25) is 0 Å². The highest BCUT2D eigenvalue weighted by Gasteiger charge is 2.50. The Morgan fingerprint density at radius 2 is 1.66 bits per heavy atom. The predicted molar refractivity (Wildman–Crippen MR) is 102 cm³/mol. The van der Waals surface area contributed by atoms with Gasteiger partial charge in [-0.1, -0.05) is 48.5 Å². The van der Waals surface area contributed by atoms with E-state index in [1.165, 1.54) is 17.0 Å². The van der Waals surface area contributed by atoms with Crippen molar-refractivity contribution in [3.05, 3.63) is 66.2 Å². The summed E-state index contributed by atoms with van der Waals surface area (Å²) in [7, 11) is -4.14. The zero-order valence-electron chi connectivity index (χ0n) is 15.5. The van der Waals surface area contributed by atoms with E-state index in [0.29, 0.717) is 12.8 Å². The van der Waals surface area contributed by atoms with Gasteiger partial charge in [-0.05, 0) is 30.5 Å². The smallest absolute Gasteiger partial charge is 0.346 e. The first-order chi connectivity index (χ1) is 14.0. The van der Waals surface area contributed by atoms with Crippen LogP contribution in [0.5, 0.6) is 0 Å². The largest absolute Gasteiger partial charge is 0.459 e. The second-order valence-corrected chi connectivity index (χ2v) is 8.47. The topological polar surface area (TPSA) is 93.2 Å². The highest BCUT2D eigenvalue weighted by molar-refractivity contribution is 7.86. The average Bonchev–Trinajstić information content (AvgIpc) is 2.98. The van der Waals surface area contributed by atoms with Crippen molar-refractivity contribution < 1.29 is 27.0 Å². The number of piperidine rings is 1. The third-order valence-corrected chi connectivity index (χ3v) is 6.24. The molecule has 0 N–H and O–H groups in total. The summed E-state index contributed by atoms with van der Waals surface area (Å²) >= 11 is 0. The molecule has 2 unspecified atom stereocenters. The lowest BCUT2D eigenvalue weighted by atomic mass is 10.0. The van der Waals surface area contributed by atoms with E-state index in [1.54, 1.807) is 18.2 Å². The van der Waals surface area contributed by atoms with Gasteiger partial charge < -0.3 is 9.64 Å². The highest BCUT2D eigenvalue weighted by Crippen LogP contribution is 2.32. The molecule has 2 aliphatic heterocycles. The molecule has 29 heavy (non-hydrogen) atoms. The number of amides is 2. The number of ether oxygens (including phenoxy) is 1. The molecule has 0 aliphatic carbocycles. The molecule has 2 atom stereocenters. The molecule has 0 spiro atoms. The van der Waals surface area contributed by atoms with Gasteiger partial charge in [0.1, 0.15) is 12.6 Å². The van der Waals surface area contributed by atoms with Gasteiger partial charge in [0.05, 0.1) is 10.9 Å². The van der Waals surface area contributed by atoms with E-state index in [1.807, 2.05) is 30.3 Å². The lowest BCUT2D eigenvalue weighted by molar-refractivity contribution is -0.151. The van der Waals surface area contributed by atoms with Crippen LogP contribution < -0.4 is 0 Å². The van der Waals surface area contributed by atoms with E-state index in [9.17, 15) is 18.0 Å². The van der Waals surface area contributed by atoms with Crippen LogP contribution in [0.1, 0.15) is 18.4 Å². The number of hydrogen-bond donors (Lipinski definition) is 0. The number of carbonyl (C=O) groups excluding carboxylic acids is 2. The molecule has 8 nitrogen and oxygen atoms in total. The number of nitrogens with zero attached hydrogens (tertiary/aromatic N) is 2. The maximum Gasteiger partial charge on any atom is 0.346 e. The van der Waals surface area contributed by atoms with E-state index in [4.69, 9.17) is 9.02 Å². The molecule has 0 saturated carbocycles. The van der Waals surface area contributed by atoms with Crippen LogP contribution in [0.15, 0.2) is 65.6 Å². The Hall–Kier alpha value is -2.91. The zero-order valence-corrected chi connectivity index (χ0v) is 16.3. The second kappa shape index (κ2) is 7.84. The molecule has 152 valence electrons. The van der Waals surface area contributed by atoms with Gasteiger partial charge in [-0.15, -0.1) is 4.28 Å². The number of carbonyl (C=O) groups is 2. The predicted octanol–water partition coefficient (Wildman–Crippen LogP) is 2.32. The number of hydrogen-bond acceptors (Lipinski definition) is 6. The second-order valence-electron chi connectivity index (χ2n) is 6.94. The van der Waals surface area contributed by atoms with Crippen molar-refractivity contribution in [2.45, 2.75) is 36.4 Å². The summed E-state index contributed by atoms with van der Waals surface area (Å²) in [6.07, 6.45) is 0.826. The summed E-state index contributed by atoms with van der Waals surface area (Å²) in [4.78, 5) is 26.5. The van der Waals surface area contributed by atoms with Crippen LogP contribution >= 0.6 is 0 Å². The molecule has 2 aliphatic rings. The van der Waals surface area contributed by atoms with Gasteiger partial charge in [0, 0.05) is 6.54 Å². The van der Waals surface area contributed by atoms with Crippen LogP contribution in [0.25, 0.3) is 0 Å². The number of esters is 1. The first kappa shape index (κ1) is 19.4. The highest BCUT2D eigenvalue weighted by atomic mass is 32.2. The van der Waals surface area contributed by atoms with E-state index in [-0.39, 0.29) is 18.0 Å². The Labute approximate surface area is 168 Å². The van der Waals surface area contributed by atoms with Crippen molar-refractivity contribution >= 4 is 22.1 Å². The number of urea groups is 1. The van der Waals surface area contributed by atoms with Gasteiger partial charge in [0.25, 0.3) is 0 Å². The fraction of sp³-hybridized carbons (Fsp3) is 0.300. The molecule has 9 heteroatoms. The Morgan fingerprint density at radius 3 is 2.34 bits per heavy atom. The summed E-state index contributed by atoms with van der Waals surface area (Å²) in [5.74, 6) is -0.506. The minimum Gasteiger partial charge on any atom is -0.459 e.